The molecule has 0 N–H and O–H groups in total. The van der Waals surface area contributed by atoms with Gasteiger partial charge in [0.15, 0.2) is 0 Å². The van der Waals surface area contributed by atoms with Crippen LogP contribution in [0.4, 0.5) is 0 Å². The van der Waals surface area contributed by atoms with Crippen LogP contribution in [0.5, 0.6) is 0 Å². The summed E-state index contributed by atoms with van der Waals surface area (Å²) < 4.78 is 11.2. The van der Waals surface area contributed by atoms with Crippen molar-refractivity contribution in [3.8, 4) is 0 Å². The summed E-state index contributed by atoms with van der Waals surface area (Å²) in [5.74, 6) is -0.201. The zero-order chi connectivity index (χ0) is 11.6. The van der Waals surface area contributed by atoms with Gasteiger partial charge in [0.05, 0.1) is 19.8 Å². The highest BCUT2D eigenvalue weighted by molar-refractivity contribution is 9.10. The fourth-order valence-electron chi connectivity index (χ4n) is 1.81. The molecule has 0 bridgehead atoms. The zero-order valence-electron chi connectivity index (χ0n) is 9.03. The van der Waals surface area contributed by atoms with Crippen LogP contribution in [-0.4, -0.2) is 25.8 Å². The maximum Gasteiger partial charge on any atom is 0.321 e. The third-order valence-electron chi connectivity index (χ3n) is 2.75. The molecule has 86 valence electrons. The van der Waals surface area contributed by atoms with Gasteiger partial charge in [0.2, 0.25) is 0 Å². The Morgan fingerprint density at radius 1 is 1.50 bits per heavy atom. The van der Waals surface area contributed by atoms with Crippen LogP contribution >= 0.6 is 15.9 Å². The third kappa shape index (κ3) is 1.76. The highest BCUT2D eigenvalue weighted by Crippen LogP contribution is 2.37. The Hall–Kier alpha value is -0.870. The van der Waals surface area contributed by atoms with E-state index in [9.17, 15) is 4.79 Å². The molecular weight excluding hydrogens is 272 g/mol. The zero-order valence-corrected chi connectivity index (χ0v) is 10.6. The lowest BCUT2D eigenvalue weighted by Gasteiger charge is -2.39. The summed E-state index contributed by atoms with van der Waals surface area (Å²) in [4.78, 5) is 12.0. The SMILES string of the molecule is CCOC(=O)C1(c2ccccc2Br)COC1. The van der Waals surface area contributed by atoms with Crippen molar-refractivity contribution in [3.63, 3.8) is 0 Å². The molecule has 1 saturated heterocycles. The largest absolute Gasteiger partial charge is 0.465 e. The summed E-state index contributed by atoms with van der Waals surface area (Å²) in [6.07, 6.45) is 0. The molecule has 1 aromatic rings. The predicted octanol–water partition coefficient (Wildman–Crippen LogP) is 2.28. The molecule has 16 heavy (non-hydrogen) atoms. The maximum absolute atomic E-state index is 12.0. The van der Waals surface area contributed by atoms with Gasteiger partial charge in [0, 0.05) is 4.47 Å². The van der Waals surface area contributed by atoms with E-state index in [2.05, 4.69) is 15.9 Å². The Labute approximate surface area is 103 Å². The molecule has 0 aliphatic carbocycles. The second-order valence-electron chi connectivity index (χ2n) is 3.78. The minimum absolute atomic E-state index is 0.201. The van der Waals surface area contributed by atoms with Gasteiger partial charge in [0.1, 0.15) is 5.41 Å². The quantitative estimate of drug-likeness (QED) is 0.799. The number of hydrogen-bond acceptors (Lipinski definition) is 3. The molecule has 0 saturated carbocycles. The second kappa shape index (κ2) is 4.55. The molecule has 0 atom stereocenters. The number of carbonyl (C=O) groups excluding carboxylic acids is 1. The van der Waals surface area contributed by atoms with Crippen molar-refractivity contribution in [3.05, 3.63) is 34.3 Å². The normalized spacial score (nSPS) is 17.6. The maximum atomic E-state index is 12.0. The lowest BCUT2D eigenvalue weighted by atomic mass is 9.78. The molecule has 0 unspecified atom stereocenters. The van der Waals surface area contributed by atoms with Crippen molar-refractivity contribution in [2.24, 2.45) is 0 Å². The molecule has 2 rings (SSSR count). The van der Waals surface area contributed by atoms with Crippen molar-refractivity contribution >= 4 is 21.9 Å². The first kappa shape index (κ1) is 11.6. The number of rotatable bonds is 3. The molecule has 0 amide bonds. The van der Waals surface area contributed by atoms with E-state index in [0.29, 0.717) is 19.8 Å². The second-order valence-corrected chi connectivity index (χ2v) is 4.63. The minimum Gasteiger partial charge on any atom is -0.465 e. The third-order valence-corrected chi connectivity index (χ3v) is 3.44. The van der Waals surface area contributed by atoms with Gasteiger partial charge in [-0.3, -0.25) is 4.79 Å². The Bertz CT molecular complexity index is 399. The van der Waals surface area contributed by atoms with E-state index in [4.69, 9.17) is 9.47 Å². The Morgan fingerprint density at radius 2 is 2.19 bits per heavy atom. The highest BCUT2D eigenvalue weighted by Gasteiger charge is 2.49. The summed E-state index contributed by atoms with van der Waals surface area (Å²) in [7, 11) is 0. The molecule has 1 aromatic carbocycles. The Kier molecular flexibility index (Phi) is 3.30. The van der Waals surface area contributed by atoms with Crippen LogP contribution in [-0.2, 0) is 19.7 Å². The van der Waals surface area contributed by atoms with Gasteiger partial charge < -0.3 is 9.47 Å². The smallest absolute Gasteiger partial charge is 0.321 e. The first-order valence-corrected chi connectivity index (χ1v) is 6.00. The fourth-order valence-corrected chi connectivity index (χ4v) is 2.47. The molecule has 0 aromatic heterocycles. The van der Waals surface area contributed by atoms with Crippen LogP contribution in [0.25, 0.3) is 0 Å². The average molecular weight is 285 g/mol. The number of halogens is 1. The average Bonchev–Trinajstić information content (AvgIpc) is 2.19. The van der Waals surface area contributed by atoms with Crippen molar-refractivity contribution in [1.29, 1.82) is 0 Å². The van der Waals surface area contributed by atoms with Gasteiger partial charge >= 0.3 is 5.97 Å². The van der Waals surface area contributed by atoms with E-state index in [1.165, 1.54) is 0 Å². The number of carbonyl (C=O) groups is 1. The van der Waals surface area contributed by atoms with E-state index in [-0.39, 0.29) is 5.97 Å². The van der Waals surface area contributed by atoms with E-state index in [1.807, 2.05) is 31.2 Å². The van der Waals surface area contributed by atoms with Gasteiger partial charge in [-0.2, -0.15) is 0 Å². The molecule has 0 spiro atoms. The Balaban J connectivity index is 2.35. The summed E-state index contributed by atoms with van der Waals surface area (Å²) in [5.41, 5.74) is 0.329. The van der Waals surface area contributed by atoms with E-state index < -0.39 is 5.41 Å². The molecule has 4 heteroatoms. The van der Waals surface area contributed by atoms with Gasteiger partial charge in [-0.15, -0.1) is 0 Å². The standard InChI is InChI=1S/C12H13BrO3/c1-2-16-11(14)12(7-15-8-12)9-5-3-4-6-10(9)13/h3-6H,2,7-8H2,1H3. The fraction of sp³-hybridized carbons (Fsp3) is 0.417. The lowest BCUT2D eigenvalue weighted by molar-refractivity contribution is -0.169. The molecular formula is C12H13BrO3. The van der Waals surface area contributed by atoms with E-state index >= 15 is 0 Å². The summed E-state index contributed by atoms with van der Waals surface area (Å²) in [6.45, 7) is 3.00. The minimum atomic E-state index is -0.615. The molecule has 1 fully saturated rings. The number of esters is 1. The van der Waals surface area contributed by atoms with E-state index in [0.717, 1.165) is 10.0 Å². The summed E-state index contributed by atoms with van der Waals surface area (Å²) >= 11 is 3.46. The number of hydrogen-bond donors (Lipinski definition) is 0. The summed E-state index contributed by atoms with van der Waals surface area (Å²) in [6, 6.07) is 7.70. The lowest BCUT2D eigenvalue weighted by Crippen LogP contribution is -2.54. The van der Waals surface area contributed by atoms with Crippen LogP contribution in [0.2, 0.25) is 0 Å². The van der Waals surface area contributed by atoms with Crippen LogP contribution in [0, 0.1) is 0 Å². The summed E-state index contributed by atoms with van der Waals surface area (Å²) in [5, 5.41) is 0. The molecule has 3 nitrogen and oxygen atoms in total. The topological polar surface area (TPSA) is 35.5 Å². The van der Waals surface area contributed by atoms with Crippen molar-refractivity contribution in [2.45, 2.75) is 12.3 Å². The molecule has 1 aliphatic heterocycles. The van der Waals surface area contributed by atoms with Gasteiger partial charge in [-0.25, -0.2) is 0 Å². The first-order valence-electron chi connectivity index (χ1n) is 5.20. The monoisotopic (exact) mass is 284 g/mol. The number of ether oxygens (including phenoxy) is 2. The van der Waals surface area contributed by atoms with Gasteiger partial charge in [-0.05, 0) is 18.6 Å². The molecule has 1 aliphatic rings. The van der Waals surface area contributed by atoms with Crippen LogP contribution in [0.1, 0.15) is 12.5 Å². The van der Waals surface area contributed by atoms with Crippen molar-refractivity contribution in [1.82, 2.24) is 0 Å². The van der Waals surface area contributed by atoms with Crippen LogP contribution in [0.15, 0.2) is 28.7 Å². The van der Waals surface area contributed by atoms with E-state index in [1.54, 1.807) is 0 Å². The first-order chi connectivity index (χ1) is 7.70. The predicted molar refractivity (Wildman–Crippen MR) is 63.3 cm³/mol. The van der Waals surface area contributed by atoms with Crippen molar-refractivity contribution in [2.75, 3.05) is 19.8 Å². The van der Waals surface area contributed by atoms with Crippen molar-refractivity contribution < 1.29 is 14.3 Å². The van der Waals surface area contributed by atoms with Crippen LogP contribution in [0.3, 0.4) is 0 Å². The van der Waals surface area contributed by atoms with Gasteiger partial charge in [0.25, 0.3) is 0 Å². The molecule has 1 heterocycles. The Morgan fingerprint density at radius 3 is 2.69 bits per heavy atom. The van der Waals surface area contributed by atoms with Crippen LogP contribution < -0.4 is 0 Å². The number of benzene rings is 1. The van der Waals surface area contributed by atoms with Gasteiger partial charge in [-0.1, -0.05) is 34.1 Å². The highest BCUT2D eigenvalue weighted by atomic mass is 79.9. The molecule has 0 radical (unpaired) electrons.